The molecule has 4 aliphatic carbocycles. The quantitative estimate of drug-likeness (QED) is 0.384. The second kappa shape index (κ2) is 9.18. The normalized spacial score (nSPS) is 44.8. The highest BCUT2D eigenvalue weighted by Crippen LogP contribution is 2.70. The molecule has 0 aromatic carbocycles. The number of hydrogen-bond acceptors (Lipinski definition) is 1. The topological polar surface area (TPSA) is 12.0 Å². The monoisotopic (exact) mass is 449 g/mol. The molecule has 0 aromatic heterocycles. The lowest BCUT2D eigenvalue weighted by atomic mass is 9.40. The Morgan fingerprint density at radius 3 is 2.64 bits per heavy atom. The lowest BCUT2D eigenvalue weighted by Gasteiger charge is -2.64. The standard InChI is InChI=1S/C32H51N/c1-9-10-26-14-17-32(21-26,24(4)15-18-33-8)31(7)20-23(3)29-28(25(31)5)12-11-27-19-22(2)13-16-30(27,29)6/h13,16,19,23,25-26,28-29,33H,2,4,9-12,14-15,17-18,20-21H2,1,3,5-8H3. The third-order valence-corrected chi connectivity index (χ3v) is 11.4. The summed E-state index contributed by atoms with van der Waals surface area (Å²) in [5.41, 5.74) is 5.28. The van der Waals surface area contributed by atoms with E-state index >= 15 is 0 Å². The summed E-state index contributed by atoms with van der Waals surface area (Å²) in [5, 5.41) is 3.41. The van der Waals surface area contributed by atoms with Crippen LogP contribution in [0.5, 0.6) is 0 Å². The molecule has 3 fully saturated rings. The molecule has 33 heavy (non-hydrogen) atoms. The molecule has 3 saturated carbocycles. The van der Waals surface area contributed by atoms with Crippen LogP contribution in [-0.4, -0.2) is 13.6 Å². The molecular formula is C32H51N. The van der Waals surface area contributed by atoms with Gasteiger partial charge >= 0.3 is 0 Å². The zero-order valence-electron chi connectivity index (χ0n) is 22.6. The molecule has 4 rings (SSSR count). The fraction of sp³-hybridized carbons (Fsp3) is 0.750. The summed E-state index contributed by atoms with van der Waals surface area (Å²) >= 11 is 0. The molecule has 0 saturated heterocycles. The van der Waals surface area contributed by atoms with Gasteiger partial charge in [-0.2, -0.15) is 0 Å². The van der Waals surface area contributed by atoms with Crippen molar-refractivity contribution in [2.45, 2.75) is 92.4 Å². The number of nitrogens with one attached hydrogen (secondary N) is 1. The molecule has 0 amide bonds. The number of fused-ring (bicyclic) bond motifs is 3. The van der Waals surface area contributed by atoms with E-state index in [1.807, 2.05) is 0 Å². The summed E-state index contributed by atoms with van der Waals surface area (Å²) in [6, 6.07) is 0. The Morgan fingerprint density at radius 2 is 1.94 bits per heavy atom. The Kier molecular flexibility index (Phi) is 6.96. The number of rotatable bonds is 7. The molecule has 1 heteroatoms. The maximum Gasteiger partial charge on any atom is 0.0103 e. The highest BCUT2D eigenvalue weighted by Gasteiger charge is 2.62. The van der Waals surface area contributed by atoms with Crippen molar-refractivity contribution in [2.24, 2.45) is 45.8 Å². The van der Waals surface area contributed by atoms with Crippen molar-refractivity contribution in [3.05, 3.63) is 48.1 Å². The van der Waals surface area contributed by atoms with E-state index in [9.17, 15) is 0 Å². The van der Waals surface area contributed by atoms with Gasteiger partial charge in [0.05, 0.1) is 0 Å². The van der Waals surface area contributed by atoms with Crippen LogP contribution >= 0.6 is 0 Å². The average Bonchev–Trinajstić information content (AvgIpc) is 3.21. The van der Waals surface area contributed by atoms with Gasteiger partial charge in [0.25, 0.3) is 0 Å². The zero-order chi connectivity index (χ0) is 24.0. The van der Waals surface area contributed by atoms with Gasteiger partial charge in [0.15, 0.2) is 0 Å². The van der Waals surface area contributed by atoms with E-state index in [0.717, 1.165) is 42.6 Å². The first-order chi connectivity index (χ1) is 15.6. The van der Waals surface area contributed by atoms with Crippen LogP contribution in [0.1, 0.15) is 92.4 Å². The Morgan fingerprint density at radius 1 is 1.18 bits per heavy atom. The van der Waals surface area contributed by atoms with Gasteiger partial charge in [0.1, 0.15) is 0 Å². The summed E-state index contributed by atoms with van der Waals surface area (Å²) in [4.78, 5) is 0. The molecule has 8 unspecified atom stereocenters. The predicted octanol–water partition coefficient (Wildman–Crippen LogP) is 8.51. The minimum Gasteiger partial charge on any atom is -0.319 e. The van der Waals surface area contributed by atoms with Gasteiger partial charge in [0.2, 0.25) is 0 Å². The van der Waals surface area contributed by atoms with Crippen LogP contribution in [0, 0.1) is 45.8 Å². The highest BCUT2D eigenvalue weighted by molar-refractivity contribution is 5.43. The van der Waals surface area contributed by atoms with E-state index < -0.39 is 0 Å². The van der Waals surface area contributed by atoms with Crippen LogP contribution in [0.4, 0.5) is 0 Å². The molecule has 1 nitrogen and oxygen atoms in total. The van der Waals surface area contributed by atoms with E-state index in [0.29, 0.717) is 10.8 Å². The van der Waals surface area contributed by atoms with Gasteiger partial charge in [-0.25, -0.2) is 0 Å². The van der Waals surface area contributed by atoms with Crippen molar-refractivity contribution in [1.29, 1.82) is 0 Å². The van der Waals surface area contributed by atoms with Crippen molar-refractivity contribution in [1.82, 2.24) is 5.32 Å². The van der Waals surface area contributed by atoms with Crippen molar-refractivity contribution in [3.8, 4) is 0 Å². The van der Waals surface area contributed by atoms with Gasteiger partial charge in [0, 0.05) is 5.41 Å². The summed E-state index contributed by atoms with van der Waals surface area (Å²) < 4.78 is 0. The van der Waals surface area contributed by atoms with Gasteiger partial charge in [-0.1, -0.05) is 90.0 Å². The molecule has 0 bridgehead atoms. The van der Waals surface area contributed by atoms with Crippen molar-refractivity contribution < 1.29 is 0 Å². The van der Waals surface area contributed by atoms with Crippen LogP contribution < -0.4 is 5.32 Å². The Balaban J connectivity index is 1.71. The van der Waals surface area contributed by atoms with E-state index in [1.54, 1.807) is 11.1 Å². The third-order valence-electron chi connectivity index (χ3n) is 11.4. The average molecular weight is 450 g/mol. The zero-order valence-corrected chi connectivity index (χ0v) is 22.6. The Hall–Kier alpha value is -1.08. The summed E-state index contributed by atoms with van der Waals surface area (Å²) in [5.74, 6) is 3.92. The smallest absolute Gasteiger partial charge is 0.0103 e. The van der Waals surface area contributed by atoms with E-state index in [4.69, 9.17) is 6.58 Å². The molecule has 0 aliphatic heterocycles. The Labute approximate surface area is 205 Å². The van der Waals surface area contributed by atoms with E-state index in [2.05, 4.69) is 71.8 Å². The van der Waals surface area contributed by atoms with Crippen LogP contribution in [0.2, 0.25) is 0 Å². The molecule has 184 valence electrons. The van der Waals surface area contributed by atoms with Gasteiger partial charge < -0.3 is 5.32 Å². The van der Waals surface area contributed by atoms with Crippen molar-refractivity contribution in [3.63, 3.8) is 0 Å². The van der Waals surface area contributed by atoms with E-state index in [-0.39, 0.29) is 5.41 Å². The minimum atomic E-state index is 0.218. The van der Waals surface area contributed by atoms with Crippen LogP contribution in [0.3, 0.4) is 0 Å². The second-order valence-corrected chi connectivity index (χ2v) is 12.9. The molecule has 0 heterocycles. The fourth-order valence-corrected chi connectivity index (χ4v) is 9.65. The molecule has 0 spiro atoms. The molecule has 0 radical (unpaired) electrons. The summed E-state index contributed by atoms with van der Waals surface area (Å²) in [7, 11) is 2.09. The summed E-state index contributed by atoms with van der Waals surface area (Å²) in [6.07, 6.45) is 19.2. The SMILES string of the molecule is C=C1C=CC2(C)C(=C1)CCC1C2C(C)CC(C)(C2(C(=C)CCNC)CCC(CCC)C2)C1C. The van der Waals surface area contributed by atoms with Crippen molar-refractivity contribution in [2.75, 3.05) is 13.6 Å². The fourth-order valence-electron chi connectivity index (χ4n) is 9.65. The van der Waals surface area contributed by atoms with Crippen LogP contribution in [0.25, 0.3) is 0 Å². The first-order valence-electron chi connectivity index (χ1n) is 14.0. The van der Waals surface area contributed by atoms with Crippen LogP contribution in [0.15, 0.2) is 48.1 Å². The largest absolute Gasteiger partial charge is 0.319 e. The first kappa shape index (κ1) is 25.0. The molecule has 1 N–H and O–H groups in total. The maximum absolute atomic E-state index is 4.84. The lowest BCUT2D eigenvalue weighted by Crippen LogP contribution is -2.57. The first-order valence-corrected chi connectivity index (χ1v) is 14.0. The number of hydrogen-bond donors (Lipinski definition) is 1. The minimum absolute atomic E-state index is 0.218. The molecule has 4 aliphatic rings. The third kappa shape index (κ3) is 3.85. The maximum atomic E-state index is 4.84. The Bertz CT molecular complexity index is 831. The van der Waals surface area contributed by atoms with Gasteiger partial charge in [-0.05, 0) is 105 Å². The van der Waals surface area contributed by atoms with E-state index in [1.165, 1.54) is 56.9 Å². The summed E-state index contributed by atoms with van der Waals surface area (Å²) in [6.45, 7) is 23.0. The molecular weight excluding hydrogens is 398 g/mol. The lowest BCUT2D eigenvalue weighted by molar-refractivity contribution is -0.115. The number of allylic oxidation sites excluding steroid dienone is 5. The van der Waals surface area contributed by atoms with Gasteiger partial charge in [-0.3, -0.25) is 0 Å². The van der Waals surface area contributed by atoms with Gasteiger partial charge in [-0.15, -0.1) is 0 Å². The van der Waals surface area contributed by atoms with Crippen LogP contribution in [-0.2, 0) is 0 Å². The highest BCUT2D eigenvalue weighted by atomic mass is 14.8. The molecule has 0 aromatic rings. The molecule has 8 atom stereocenters. The predicted molar refractivity (Wildman–Crippen MR) is 144 cm³/mol. The second-order valence-electron chi connectivity index (χ2n) is 12.9. The van der Waals surface area contributed by atoms with Crippen molar-refractivity contribution >= 4 is 0 Å².